The first kappa shape index (κ1) is 28.3. The van der Waals surface area contributed by atoms with Crippen LogP contribution in [0.3, 0.4) is 0 Å². The molecule has 182 valence electrons. The zero-order valence-electron chi connectivity index (χ0n) is 18.7. The van der Waals surface area contributed by atoms with Crippen molar-refractivity contribution in [3.8, 4) is 5.75 Å². The van der Waals surface area contributed by atoms with E-state index in [0.29, 0.717) is 24.1 Å². The topological polar surface area (TPSA) is 83.1 Å². The zero-order chi connectivity index (χ0) is 21.2. The lowest BCUT2D eigenvalue weighted by molar-refractivity contribution is -0.146. The van der Waals surface area contributed by atoms with E-state index in [-0.39, 0.29) is 43.4 Å². The van der Waals surface area contributed by atoms with Crippen molar-refractivity contribution in [3.63, 3.8) is 0 Å². The van der Waals surface area contributed by atoms with Crippen LogP contribution in [0.4, 0.5) is 10.5 Å². The summed E-state index contributed by atoms with van der Waals surface area (Å²) in [5.41, 5.74) is 0.707. The number of esters is 1. The molecule has 0 spiro atoms. The summed E-state index contributed by atoms with van der Waals surface area (Å²) < 4.78 is 10.5. The predicted molar refractivity (Wildman–Crippen MR) is 130 cm³/mol. The highest BCUT2D eigenvalue weighted by atomic mass is 35.5. The maximum Gasteiger partial charge on any atom is 0.344 e. The molecule has 0 saturated carbocycles. The average Bonchev–Trinajstić information content (AvgIpc) is 2.79. The maximum absolute atomic E-state index is 12.6. The van der Waals surface area contributed by atoms with Gasteiger partial charge >= 0.3 is 12.0 Å². The lowest BCUT2D eigenvalue weighted by Gasteiger charge is -2.40. The van der Waals surface area contributed by atoms with E-state index in [4.69, 9.17) is 9.47 Å². The zero-order valence-corrected chi connectivity index (χ0v) is 20.3. The number of piperidine rings is 1. The third-order valence-corrected chi connectivity index (χ3v) is 5.65. The van der Waals surface area contributed by atoms with Crippen LogP contribution in [0.5, 0.6) is 5.75 Å². The number of unbranched alkanes of at least 4 members (excludes halogenated alkanes) is 1. The molecular formula is C22H36Cl2N4O4. The lowest BCUT2D eigenvalue weighted by atomic mass is 10.0. The molecule has 1 aromatic carbocycles. The molecular weight excluding hydrogens is 455 g/mol. The monoisotopic (exact) mass is 490 g/mol. The third-order valence-electron chi connectivity index (χ3n) is 5.65. The summed E-state index contributed by atoms with van der Waals surface area (Å²) in [5.74, 6) is 0.195. The van der Waals surface area contributed by atoms with E-state index in [2.05, 4.69) is 15.5 Å². The fourth-order valence-electron chi connectivity index (χ4n) is 3.81. The van der Waals surface area contributed by atoms with Gasteiger partial charge in [0.05, 0.1) is 6.61 Å². The van der Waals surface area contributed by atoms with Gasteiger partial charge in [-0.1, -0.05) is 13.3 Å². The minimum atomic E-state index is -0.371. The van der Waals surface area contributed by atoms with Gasteiger partial charge in [0.15, 0.2) is 6.61 Å². The lowest BCUT2D eigenvalue weighted by Crippen LogP contribution is -2.54. The van der Waals surface area contributed by atoms with Crippen LogP contribution >= 0.6 is 24.8 Å². The normalized spacial score (nSPS) is 17.0. The number of carbonyl (C=O) groups excluding carboxylic acids is 2. The van der Waals surface area contributed by atoms with Crippen LogP contribution < -0.4 is 15.4 Å². The summed E-state index contributed by atoms with van der Waals surface area (Å²) in [4.78, 5) is 28.5. The molecule has 10 heteroatoms. The Hall–Kier alpha value is -1.74. The first-order chi connectivity index (χ1) is 14.7. The number of carbonyl (C=O) groups is 2. The van der Waals surface area contributed by atoms with E-state index in [1.165, 1.54) is 12.8 Å². The first-order valence-corrected chi connectivity index (χ1v) is 11.0. The molecule has 2 amide bonds. The van der Waals surface area contributed by atoms with Crippen molar-refractivity contribution >= 4 is 42.5 Å². The number of piperazine rings is 1. The number of ether oxygens (including phenoxy) is 2. The Labute approximate surface area is 203 Å². The Balaban J connectivity index is 0.00000256. The molecule has 0 radical (unpaired) electrons. The van der Waals surface area contributed by atoms with Crippen molar-refractivity contribution in [1.82, 2.24) is 15.1 Å². The van der Waals surface area contributed by atoms with Crippen LogP contribution in [-0.4, -0.2) is 80.3 Å². The van der Waals surface area contributed by atoms with Gasteiger partial charge in [-0.2, -0.15) is 0 Å². The summed E-state index contributed by atoms with van der Waals surface area (Å²) >= 11 is 0. The van der Waals surface area contributed by atoms with E-state index in [9.17, 15) is 9.59 Å². The summed E-state index contributed by atoms with van der Waals surface area (Å²) in [6, 6.07) is 7.61. The van der Waals surface area contributed by atoms with Crippen molar-refractivity contribution in [3.05, 3.63) is 24.3 Å². The van der Waals surface area contributed by atoms with E-state index in [0.717, 1.165) is 52.1 Å². The Morgan fingerprint density at radius 3 is 2.34 bits per heavy atom. The van der Waals surface area contributed by atoms with Gasteiger partial charge in [0.25, 0.3) is 0 Å². The average molecular weight is 491 g/mol. The van der Waals surface area contributed by atoms with Gasteiger partial charge in [0.1, 0.15) is 5.75 Å². The second-order valence-corrected chi connectivity index (χ2v) is 7.82. The van der Waals surface area contributed by atoms with Crippen molar-refractivity contribution in [2.24, 2.45) is 0 Å². The largest absolute Gasteiger partial charge is 0.482 e. The molecule has 8 nitrogen and oxygen atoms in total. The van der Waals surface area contributed by atoms with Gasteiger partial charge in [-0.15, -0.1) is 24.8 Å². The van der Waals surface area contributed by atoms with Gasteiger partial charge in [-0.3, -0.25) is 4.90 Å². The van der Waals surface area contributed by atoms with Gasteiger partial charge in [0, 0.05) is 37.9 Å². The van der Waals surface area contributed by atoms with Crippen molar-refractivity contribution in [2.45, 2.75) is 38.6 Å². The van der Waals surface area contributed by atoms with Gasteiger partial charge in [-0.25, -0.2) is 9.59 Å². The highest BCUT2D eigenvalue weighted by molar-refractivity contribution is 5.89. The molecule has 2 aliphatic heterocycles. The molecule has 0 bridgehead atoms. The minimum absolute atomic E-state index is 0. The van der Waals surface area contributed by atoms with Crippen LogP contribution in [0.15, 0.2) is 24.3 Å². The van der Waals surface area contributed by atoms with Crippen LogP contribution in [0, 0.1) is 0 Å². The minimum Gasteiger partial charge on any atom is -0.482 e. The van der Waals surface area contributed by atoms with E-state index in [1.54, 1.807) is 24.3 Å². The van der Waals surface area contributed by atoms with Crippen LogP contribution in [0.25, 0.3) is 0 Å². The number of urea groups is 1. The fourth-order valence-corrected chi connectivity index (χ4v) is 3.81. The van der Waals surface area contributed by atoms with Crippen LogP contribution in [-0.2, 0) is 9.53 Å². The Bertz CT molecular complexity index is 679. The number of nitrogens with zero attached hydrogens (tertiary/aromatic N) is 2. The maximum atomic E-state index is 12.6. The molecule has 0 aliphatic carbocycles. The highest BCUT2D eigenvalue weighted by Crippen LogP contribution is 2.18. The molecule has 0 atom stereocenters. The number of nitrogens with one attached hydrogen (secondary N) is 2. The van der Waals surface area contributed by atoms with Crippen LogP contribution in [0.2, 0.25) is 0 Å². The number of halogens is 2. The smallest absolute Gasteiger partial charge is 0.344 e. The van der Waals surface area contributed by atoms with E-state index in [1.807, 2.05) is 11.8 Å². The van der Waals surface area contributed by atoms with Crippen molar-refractivity contribution in [1.29, 1.82) is 0 Å². The standard InChI is InChI=1S/C22H34N4O4.2ClH/c1-2-3-16-29-21(27)17-30-20-6-4-18(5-7-20)24-22(28)26-14-12-25(13-15-26)19-8-10-23-11-9-19;;/h4-7,19,23H,2-3,8-17H2,1H3,(H,24,28);2*1H. The van der Waals surface area contributed by atoms with E-state index >= 15 is 0 Å². The Morgan fingerprint density at radius 2 is 1.72 bits per heavy atom. The summed E-state index contributed by atoms with van der Waals surface area (Å²) in [7, 11) is 0. The van der Waals surface area contributed by atoms with Crippen molar-refractivity contribution < 1.29 is 19.1 Å². The molecule has 2 aliphatic rings. The Kier molecular flexibility index (Phi) is 13.4. The number of hydrogen-bond donors (Lipinski definition) is 2. The number of anilines is 1. The van der Waals surface area contributed by atoms with E-state index < -0.39 is 0 Å². The number of rotatable bonds is 8. The van der Waals surface area contributed by atoms with Crippen LogP contribution in [0.1, 0.15) is 32.6 Å². The van der Waals surface area contributed by atoms with Gasteiger partial charge in [-0.05, 0) is 56.6 Å². The molecule has 0 aromatic heterocycles. The SMILES string of the molecule is CCCCOC(=O)COc1ccc(NC(=O)N2CCN(C3CCNCC3)CC2)cc1.Cl.Cl. The number of benzene rings is 1. The molecule has 1 aromatic rings. The quantitative estimate of drug-likeness (QED) is 0.430. The Morgan fingerprint density at radius 1 is 1.06 bits per heavy atom. The van der Waals surface area contributed by atoms with Gasteiger partial charge in [0.2, 0.25) is 0 Å². The number of hydrogen-bond acceptors (Lipinski definition) is 6. The summed E-state index contributed by atoms with van der Waals surface area (Å²) in [6.07, 6.45) is 4.22. The third kappa shape index (κ3) is 9.02. The molecule has 2 N–H and O–H groups in total. The predicted octanol–water partition coefficient (Wildman–Crippen LogP) is 3.15. The number of amides is 2. The fraction of sp³-hybridized carbons (Fsp3) is 0.636. The molecule has 32 heavy (non-hydrogen) atoms. The second-order valence-electron chi connectivity index (χ2n) is 7.82. The molecule has 2 saturated heterocycles. The van der Waals surface area contributed by atoms with Gasteiger partial charge < -0.3 is 25.0 Å². The molecule has 2 heterocycles. The van der Waals surface area contributed by atoms with Crippen molar-refractivity contribution in [2.75, 3.05) is 57.8 Å². The highest BCUT2D eigenvalue weighted by Gasteiger charge is 2.26. The summed E-state index contributed by atoms with van der Waals surface area (Å²) in [5, 5.41) is 6.35. The molecule has 0 unspecified atom stereocenters. The second kappa shape index (κ2) is 15.2. The molecule has 3 rings (SSSR count). The first-order valence-electron chi connectivity index (χ1n) is 11.0. The molecule has 2 fully saturated rings. The summed E-state index contributed by atoms with van der Waals surface area (Å²) in [6.45, 7) is 7.88.